The predicted octanol–water partition coefficient (Wildman–Crippen LogP) is 3.76. The lowest BCUT2D eigenvalue weighted by atomic mass is 9.84. The van der Waals surface area contributed by atoms with Crippen molar-refractivity contribution < 1.29 is 9.53 Å². The molecule has 0 spiro atoms. The molecule has 0 heterocycles. The molecular formula is C20H23NO2. The molecule has 0 saturated carbocycles. The van der Waals surface area contributed by atoms with Crippen molar-refractivity contribution in [3.63, 3.8) is 0 Å². The van der Waals surface area contributed by atoms with Crippen LogP contribution in [0.25, 0.3) is 0 Å². The molecule has 0 aliphatic rings. The second-order valence-corrected chi connectivity index (χ2v) is 5.55. The minimum absolute atomic E-state index is 0.276. The van der Waals surface area contributed by atoms with Crippen molar-refractivity contribution in [2.45, 2.75) is 18.5 Å². The Bertz CT molecular complexity index is 639. The van der Waals surface area contributed by atoms with Crippen LogP contribution in [0.3, 0.4) is 0 Å². The van der Waals surface area contributed by atoms with Crippen LogP contribution in [0.5, 0.6) is 0 Å². The van der Waals surface area contributed by atoms with Crippen LogP contribution in [-0.4, -0.2) is 25.0 Å². The SMILES string of the molecule is C=CCC(C(=O)OC)(c1ccccc1)N(C)Cc1ccccc1. The second-order valence-electron chi connectivity index (χ2n) is 5.55. The van der Waals surface area contributed by atoms with Gasteiger partial charge in [-0.1, -0.05) is 66.7 Å². The van der Waals surface area contributed by atoms with Crippen LogP contribution in [0.15, 0.2) is 73.3 Å². The molecular weight excluding hydrogens is 286 g/mol. The molecule has 0 radical (unpaired) electrons. The molecule has 0 N–H and O–H groups in total. The molecule has 2 rings (SSSR count). The molecule has 0 saturated heterocycles. The minimum Gasteiger partial charge on any atom is -0.467 e. The summed E-state index contributed by atoms with van der Waals surface area (Å²) in [4.78, 5) is 14.8. The molecule has 120 valence electrons. The van der Waals surface area contributed by atoms with Crippen molar-refractivity contribution in [3.8, 4) is 0 Å². The zero-order valence-corrected chi connectivity index (χ0v) is 13.7. The average Bonchev–Trinajstić information content (AvgIpc) is 2.60. The Morgan fingerprint density at radius 2 is 1.70 bits per heavy atom. The summed E-state index contributed by atoms with van der Waals surface area (Å²) in [7, 11) is 3.37. The highest BCUT2D eigenvalue weighted by atomic mass is 16.5. The summed E-state index contributed by atoms with van der Waals surface area (Å²) in [6.07, 6.45) is 2.25. The van der Waals surface area contributed by atoms with Gasteiger partial charge in [-0.3, -0.25) is 4.90 Å². The summed E-state index contributed by atoms with van der Waals surface area (Å²) in [6.45, 7) is 4.48. The van der Waals surface area contributed by atoms with E-state index in [1.165, 1.54) is 7.11 Å². The van der Waals surface area contributed by atoms with Gasteiger partial charge in [-0.25, -0.2) is 4.79 Å². The van der Waals surface area contributed by atoms with Crippen LogP contribution in [-0.2, 0) is 21.6 Å². The first-order chi connectivity index (χ1) is 11.1. The average molecular weight is 309 g/mol. The summed E-state index contributed by atoms with van der Waals surface area (Å²) in [5, 5.41) is 0. The van der Waals surface area contributed by atoms with Crippen molar-refractivity contribution in [1.82, 2.24) is 4.90 Å². The van der Waals surface area contributed by atoms with Gasteiger partial charge in [-0.05, 0) is 24.6 Å². The van der Waals surface area contributed by atoms with E-state index in [2.05, 4.69) is 18.7 Å². The predicted molar refractivity (Wildman–Crippen MR) is 92.9 cm³/mol. The van der Waals surface area contributed by atoms with E-state index in [9.17, 15) is 4.79 Å². The van der Waals surface area contributed by atoms with Crippen LogP contribution in [0.2, 0.25) is 0 Å². The van der Waals surface area contributed by atoms with Gasteiger partial charge in [0, 0.05) is 6.54 Å². The molecule has 1 atom stereocenters. The lowest BCUT2D eigenvalue weighted by Gasteiger charge is -2.39. The highest BCUT2D eigenvalue weighted by Gasteiger charge is 2.44. The Morgan fingerprint density at radius 3 is 2.22 bits per heavy atom. The fourth-order valence-electron chi connectivity index (χ4n) is 2.93. The van der Waals surface area contributed by atoms with Gasteiger partial charge < -0.3 is 4.74 Å². The molecule has 0 aromatic heterocycles. The number of hydrogen-bond donors (Lipinski definition) is 0. The molecule has 23 heavy (non-hydrogen) atoms. The summed E-state index contributed by atoms with van der Waals surface area (Å²) < 4.78 is 5.15. The van der Waals surface area contributed by atoms with E-state index >= 15 is 0 Å². The first kappa shape index (κ1) is 17.0. The number of carbonyl (C=O) groups is 1. The lowest BCUT2D eigenvalue weighted by Crippen LogP contribution is -2.50. The van der Waals surface area contributed by atoms with E-state index in [1.807, 2.05) is 60.5 Å². The summed E-state index contributed by atoms with van der Waals surface area (Å²) >= 11 is 0. The van der Waals surface area contributed by atoms with Gasteiger partial charge in [0.05, 0.1) is 7.11 Å². The Hall–Kier alpha value is -2.39. The smallest absolute Gasteiger partial charge is 0.331 e. The molecule has 0 bridgehead atoms. The molecule has 2 aromatic carbocycles. The Labute approximate surface area is 138 Å². The van der Waals surface area contributed by atoms with Crippen LogP contribution >= 0.6 is 0 Å². The molecule has 0 amide bonds. The number of methoxy groups -OCH3 is 1. The second kappa shape index (κ2) is 7.75. The van der Waals surface area contributed by atoms with Gasteiger partial charge in [-0.2, -0.15) is 0 Å². The van der Waals surface area contributed by atoms with Gasteiger partial charge in [0.15, 0.2) is 0 Å². The van der Waals surface area contributed by atoms with Crippen molar-refractivity contribution >= 4 is 5.97 Å². The Balaban J connectivity index is 2.47. The monoisotopic (exact) mass is 309 g/mol. The number of rotatable bonds is 7. The van der Waals surface area contributed by atoms with E-state index < -0.39 is 5.54 Å². The fourth-order valence-corrected chi connectivity index (χ4v) is 2.93. The standard InChI is InChI=1S/C20H23NO2/c1-4-15-20(19(22)23-3,18-13-9-6-10-14-18)21(2)16-17-11-7-5-8-12-17/h4-14H,1,15-16H2,2-3H3. The van der Waals surface area contributed by atoms with Gasteiger partial charge in [0.1, 0.15) is 5.54 Å². The van der Waals surface area contributed by atoms with Crippen molar-refractivity contribution in [1.29, 1.82) is 0 Å². The molecule has 1 unspecified atom stereocenters. The number of ether oxygens (including phenoxy) is 1. The molecule has 3 heteroatoms. The number of likely N-dealkylation sites (N-methyl/N-ethyl adjacent to an activating group) is 1. The van der Waals surface area contributed by atoms with Crippen LogP contribution in [0, 0.1) is 0 Å². The van der Waals surface area contributed by atoms with E-state index in [4.69, 9.17) is 4.74 Å². The maximum Gasteiger partial charge on any atom is 0.331 e. The highest BCUT2D eigenvalue weighted by molar-refractivity contribution is 5.83. The summed E-state index contributed by atoms with van der Waals surface area (Å²) in [5.41, 5.74) is 1.17. The van der Waals surface area contributed by atoms with Crippen molar-refractivity contribution in [3.05, 3.63) is 84.4 Å². The van der Waals surface area contributed by atoms with Crippen molar-refractivity contribution in [2.24, 2.45) is 0 Å². The number of nitrogens with zero attached hydrogens (tertiary/aromatic N) is 1. The zero-order chi connectivity index (χ0) is 16.7. The maximum absolute atomic E-state index is 12.7. The quantitative estimate of drug-likeness (QED) is 0.576. The highest BCUT2D eigenvalue weighted by Crippen LogP contribution is 2.34. The first-order valence-corrected chi connectivity index (χ1v) is 7.65. The normalized spacial score (nSPS) is 13.3. The number of benzene rings is 2. The van der Waals surface area contributed by atoms with Crippen LogP contribution < -0.4 is 0 Å². The Morgan fingerprint density at radius 1 is 1.13 bits per heavy atom. The Kier molecular flexibility index (Phi) is 5.72. The van der Waals surface area contributed by atoms with Gasteiger partial charge in [0.25, 0.3) is 0 Å². The van der Waals surface area contributed by atoms with Gasteiger partial charge in [-0.15, -0.1) is 6.58 Å². The minimum atomic E-state index is -0.881. The van der Waals surface area contributed by atoms with Crippen LogP contribution in [0.4, 0.5) is 0 Å². The largest absolute Gasteiger partial charge is 0.467 e. The van der Waals surface area contributed by atoms with Crippen molar-refractivity contribution in [2.75, 3.05) is 14.2 Å². The lowest BCUT2D eigenvalue weighted by molar-refractivity contribution is -0.155. The summed E-state index contributed by atoms with van der Waals surface area (Å²) in [5.74, 6) is -0.276. The zero-order valence-electron chi connectivity index (χ0n) is 13.7. The molecule has 0 fully saturated rings. The maximum atomic E-state index is 12.7. The van der Waals surface area contributed by atoms with E-state index in [-0.39, 0.29) is 5.97 Å². The van der Waals surface area contributed by atoms with Crippen LogP contribution in [0.1, 0.15) is 17.5 Å². The van der Waals surface area contributed by atoms with E-state index in [1.54, 1.807) is 6.08 Å². The molecule has 2 aromatic rings. The number of hydrogen-bond acceptors (Lipinski definition) is 3. The fraction of sp³-hybridized carbons (Fsp3) is 0.250. The topological polar surface area (TPSA) is 29.5 Å². The number of esters is 1. The molecule has 0 aliphatic carbocycles. The number of carbonyl (C=O) groups excluding carboxylic acids is 1. The van der Waals surface area contributed by atoms with Gasteiger partial charge in [0.2, 0.25) is 0 Å². The molecule has 3 nitrogen and oxygen atoms in total. The third-order valence-corrected chi connectivity index (χ3v) is 4.13. The van der Waals surface area contributed by atoms with E-state index in [0.29, 0.717) is 13.0 Å². The van der Waals surface area contributed by atoms with Gasteiger partial charge >= 0.3 is 5.97 Å². The third kappa shape index (κ3) is 3.51. The van der Waals surface area contributed by atoms with E-state index in [0.717, 1.165) is 11.1 Å². The third-order valence-electron chi connectivity index (χ3n) is 4.13. The summed E-state index contributed by atoms with van der Waals surface area (Å²) in [6, 6.07) is 19.8. The molecule has 0 aliphatic heterocycles. The first-order valence-electron chi connectivity index (χ1n) is 7.65.